The molecule has 0 aliphatic heterocycles. The molecule has 0 N–H and O–H groups in total. The van der Waals surface area contributed by atoms with E-state index in [1.165, 1.54) is 0 Å². The standard InChI is InChI=1S/C11H21F3NO.Sn/c1-7(2)15(8(3)4)9(5)10(6,16)11(12,13)14;/h7-9H,1-6H3;/q-1;+1. The molecule has 0 spiro atoms. The molecular formula is C11H21F3NOSn. The van der Waals surface area contributed by atoms with Crippen LogP contribution >= 0.6 is 0 Å². The van der Waals surface area contributed by atoms with Crippen molar-refractivity contribution in [2.45, 2.75) is 71.4 Å². The van der Waals surface area contributed by atoms with E-state index >= 15 is 0 Å². The van der Waals surface area contributed by atoms with Gasteiger partial charge in [-0.25, -0.2) is 0 Å². The third kappa shape index (κ3) is 3.73. The molecule has 0 saturated heterocycles. The average molecular weight is 359 g/mol. The zero-order valence-corrected chi connectivity index (χ0v) is 14.1. The van der Waals surface area contributed by atoms with E-state index in [1.807, 2.05) is 32.6 Å². The molecule has 0 aliphatic carbocycles. The van der Waals surface area contributed by atoms with Crippen molar-refractivity contribution in [2.75, 3.05) is 0 Å². The van der Waals surface area contributed by atoms with E-state index in [2.05, 4.69) is 0 Å². The molecule has 2 unspecified atom stereocenters. The molecule has 0 amide bonds. The summed E-state index contributed by atoms with van der Waals surface area (Å²) in [4.78, 5) is 1.83. The number of nitrogens with zero attached hydrogens (tertiary/aromatic N) is 1. The van der Waals surface area contributed by atoms with Crippen LogP contribution < -0.4 is 0 Å². The molecule has 0 saturated carbocycles. The molecule has 0 heterocycles. The third-order valence-corrected chi connectivity index (χ3v) is 4.42. The van der Waals surface area contributed by atoms with Gasteiger partial charge in [-0.3, -0.25) is 0 Å². The molecule has 2 atom stereocenters. The van der Waals surface area contributed by atoms with E-state index in [1.54, 1.807) is 6.92 Å². The minimum atomic E-state index is -4.36. The van der Waals surface area contributed by atoms with Gasteiger partial charge in [0.15, 0.2) is 0 Å². The summed E-state index contributed by atoms with van der Waals surface area (Å²) in [7, 11) is 0. The number of hydrogen-bond acceptors (Lipinski definition) is 2. The first-order valence-corrected chi connectivity index (χ1v) is 6.84. The number of hydrogen-bond donors (Lipinski definition) is 0. The summed E-state index contributed by atoms with van der Waals surface area (Å²) in [5.74, 6) is 0. The van der Waals surface area contributed by atoms with Crippen molar-refractivity contribution < 1.29 is 16.2 Å². The predicted octanol–water partition coefficient (Wildman–Crippen LogP) is 2.91. The molecule has 0 aliphatic rings. The third-order valence-electron chi connectivity index (χ3n) is 3.21. The summed E-state index contributed by atoms with van der Waals surface area (Å²) in [5, 5.41) is 0. The molecule has 2 nitrogen and oxygen atoms in total. The van der Waals surface area contributed by atoms with Gasteiger partial charge in [-0.2, -0.15) is 0 Å². The van der Waals surface area contributed by atoms with Crippen LogP contribution in [0, 0.1) is 0 Å². The van der Waals surface area contributed by atoms with Crippen molar-refractivity contribution in [3.05, 3.63) is 0 Å². The van der Waals surface area contributed by atoms with Crippen LogP contribution in [0.15, 0.2) is 0 Å². The fourth-order valence-electron chi connectivity index (χ4n) is 2.16. The second-order valence-corrected chi connectivity index (χ2v) is 5.60. The zero-order valence-electron chi connectivity index (χ0n) is 11.2. The van der Waals surface area contributed by atoms with E-state index in [0.717, 1.165) is 6.92 Å². The second-order valence-electron chi connectivity index (χ2n) is 5.02. The molecule has 0 fully saturated rings. The maximum absolute atomic E-state index is 13.1. The number of rotatable bonds is 5. The van der Waals surface area contributed by atoms with Gasteiger partial charge in [0, 0.05) is 0 Å². The van der Waals surface area contributed by atoms with Crippen molar-refractivity contribution in [1.82, 2.24) is 4.90 Å². The first kappa shape index (κ1) is 17.5. The Morgan fingerprint density at radius 3 is 1.53 bits per heavy atom. The van der Waals surface area contributed by atoms with Crippen LogP contribution in [-0.2, 0) is 3.07 Å². The molecule has 17 heavy (non-hydrogen) atoms. The summed E-state index contributed by atoms with van der Waals surface area (Å²) in [6, 6.07) is -0.642. The fraction of sp³-hybridized carbons (Fsp3) is 1.00. The molecule has 6 heteroatoms. The Morgan fingerprint density at radius 1 is 1.00 bits per heavy atom. The van der Waals surface area contributed by atoms with Gasteiger partial charge < -0.3 is 0 Å². The summed E-state index contributed by atoms with van der Waals surface area (Å²) in [5.41, 5.74) is -2.11. The van der Waals surface area contributed by atoms with Gasteiger partial charge in [-0.05, 0) is 0 Å². The van der Waals surface area contributed by atoms with E-state index in [0.29, 0.717) is 22.9 Å². The molecular weight excluding hydrogens is 338 g/mol. The van der Waals surface area contributed by atoms with Crippen molar-refractivity contribution >= 4 is 22.9 Å². The maximum atomic E-state index is 13.1. The molecule has 0 rings (SSSR count). The van der Waals surface area contributed by atoms with Gasteiger partial charge in [-0.1, -0.05) is 0 Å². The molecule has 101 valence electrons. The van der Waals surface area contributed by atoms with E-state index < -0.39 is 17.8 Å². The van der Waals surface area contributed by atoms with E-state index in [4.69, 9.17) is 3.07 Å². The average Bonchev–Trinajstić information content (AvgIpc) is 2.13. The van der Waals surface area contributed by atoms with Gasteiger partial charge in [0.25, 0.3) is 0 Å². The number of halogens is 3. The summed E-state index contributed by atoms with van der Waals surface area (Å²) in [6.07, 6.45) is -4.36. The molecule has 0 aromatic heterocycles. The Balaban J connectivity index is 5.28. The topological polar surface area (TPSA) is 12.5 Å². The zero-order chi connectivity index (χ0) is 14.0. The molecule has 3 radical (unpaired) electrons. The van der Waals surface area contributed by atoms with Crippen LogP contribution in [-0.4, -0.2) is 57.7 Å². The van der Waals surface area contributed by atoms with Crippen LogP contribution in [0.2, 0.25) is 0 Å². The first-order valence-electron chi connectivity index (χ1n) is 5.68. The second kappa shape index (κ2) is 6.10. The van der Waals surface area contributed by atoms with Gasteiger partial charge in [0.1, 0.15) is 0 Å². The van der Waals surface area contributed by atoms with E-state index in [9.17, 15) is 13.2 Å². The molecule has 0 bridgehead atoms. The van der Waals surface area contributed by atoms with Crippen LogP contribution in [0.25, 0.3) is 0 Å². The fourth-order valence-corrected chi connectivity index (χ4v) is 2.97. The Bertz CT molecular complexity index is 237. The molecule has 0 aromatic carbocycles. The van der Waals surface area contributed by atoms with Crippen molar-refractivity contribution in [2.24, 2.45) is 0 Å². The van der Waals surface area contributed by atoms with Crippen LogP contribution in [0.5, 0.6) is 0 Å². The van der Waals surface area contributed by atoms with E-state index in [-0.39, 0.29) is 12.1 Å². The Morgan fingerprint density at radius 2 is 1.35 bits per heavy atom. The van der Waals surface area contributed by atoms with Crippen molar-refractivity contribution in [1.29, 1.82) is 0 Å². The van der Waals surface area contributed by atoms with Crippen LogP contribution in [0.1, 0.15) is 41.5 Å². The summed E-state index contributed by atoms with van der Waals surface area (Å²) in [6.45, 7) is 10.3. The van der Waals surface area contributed by atoms with Crippen molar-refractivity contribution in [3.63, 3.8) is 0 Å². The summed E-state index contributed by atoms with van der Waals surface area (Å²) >= 11 is 0.435. The van der Waals surface area contributed by atoms with Gasteiger partial charge in [0.2, 0.25) is 0 Å². The van der Waals surface area contributed by atoms with Crippen molar-refractivity contribution in [3.8, 4) is 0 Å². The Hall–Kier alpha value is 0.509. The predicted molar refractivity (Wildman–Crippen MR) is 62.9 cm³/mol. The summed E-state index contributed by atoms with van der Waals surface area (Å²) < 4.78 is 44.2. The normalized spacial score (nSPS) is 18.9. The van der Waals surface area contributed by atoms with Crippen LogP contribution in [0.3, 0.4) is 0 Å². The Labute approximate surface area is 116 Å². The Kier molecular flexibility index (Phi) is 6.28. The van der Waals surface area contributed by atoms with Crippen LogP contribution in [0.4, 0.5) is 13.2 Å². The van der Waals surface area contributed by atoms with Gasteiger partial charge >= 0.3 is 116 Å². The van der Waals surface area contributed by atoms with Gasteiger partial charge in [-0.15, -0.1) is 0 Å². The first-order chi connectivity index (χ1) is 7.49. The number of alkyl halides is 3. The minimum absolute atomic E-state index is 0.0395. The van der Waals surface area contributed by atoms with Gasteiger partial charge in [0.05, 0.1) is 0 Å². The molecule has 0 aromatic rings. The monoisotopic (exact) mass is 360 g/mol. The SMILES string of the molecule is CC(C)N(C(C)C)C(C)C(C)([O][Sn])C(F)(F)F. The quantitative estimate of drug-likeness (QED) is 0.701.